The Balaban J connectivity index is 1.97. The van der Waals surface area contributed by atoms with Gasteiger partial charge in [-0.05, 0) is 43.3 Å². The fourth-order valence-corrected chi connectivity index (χ4v) is 2.76. The van der Waals surface area contributed by atoms with Crippen molar-refractivity contribution in [2.75, 3.05) is 5.32 Å². The minimum absolute atomic E-state index is 0.0498. The number of non-ortho nitro benzene ring substituents is 1. The van der Waals surface area contributed by atoms with E-state index in [0.29, 0.717) is 4.90 Å². The molecular formula is C16H13F3N2O3S. The predicted molar refractivity (Wildman–Crippen MR) is 88.5 cm³/mol. The smallest absolute Gasteiger partial charge is 0.325 e. The minimum atomic E-state index is -4.43. The molecule has 0 unspecified atom stereocenters. The highest BCUT2D eigenvalue weighted by atomic mass is 32.2. The van der Waals surface area contributed by atoms with Gasteiger partial charge in [-0.2, -0.15) is 13.2 Å². The number of nitro benzene ring substituents is 1. The maximum atomic E-state index is 12.5. The van der Waals surface area contributed by atoms with Crippen molar-refractivity contribution in [3.63, 3.8) is 0 Å². The van der Waals surface area contributed by atoms with Gasteiger partial charge in [0, 0.05) is 22.7 Å². The zero-order valence-electron chi connectivity index (χ0n) is 12.9. The van der Waals surface area contributed by atoms with Gasteiger partial charge in [0.1, 0.15) is 0 Å². The number of carbonyl (C=O) groups is 1. The number of nitro groups is 1. The molecule has 5 nitrogen and oxygen atoms in total. The molecule has 0 radical (unpaired) electrons. The predicted octanol–water partition coefficient (Wildman–Crippen LogP) is 4.73. The van der Waals surface area contributed by atoms with Crippen LogP contribution in [-0.4, -0.2) is 16.1 Å². The topological polar surface area (TPSA) is 72.2 Å². The van der Waals surface area contributed by atoms with Crippen molar-refractivity contribution >= 4 is 29.0 Å². The quantitative estimate of drug-likeness (QED) is 0.469. The van der Waals surface area contributed by atoms with E-state index in [1.54, 1.807) is 6.92 Å². The highest BCUT2D eigenvalue weighted by molar-refractivity contribution is 8.00. The molecule has 1 atom stereocenters. The first-order valence-electron chi connectivity index (χ1n) is 7.06. The highest BCUT2D eigenvalue weighted by Crippen LogP contribution is 2.30. The molecule has 0 fully saturated rings. The van der Waals surface area contributed by atoms with Crippen LogP contribution in [0, 0.1) is 10.1 Å². The van der Waals surface area contributed by atoms with Gasteiger partial charge in [0.05, 0.1) is 15.7 Å². The summed E-state index contributed by atoms with van der Waals surface area (Å²) in [7, 11) is 0. The summed E-state index contributed by atoms with van der Waals surface area (Å²) in [5.74, 6) is -0.386. The van der Waals surface area contributed by atoms with E-state index in [1.807, 2.05) is 0 Å². The standard InChI is InChI=1S/C16H13F3N2O3S/c1-10(25-14-8-6-13(7-9-14)21(23)24)15(22)20-12-4-2-11(3-5-12)16(17,18)19/h2-10H,1H3,(H,20,22)/t10-/m0/s1. The number of hydrogen-bond acceptors (Lipinski definition) is 4. The number of halogens is 3. The number of thioether (sulfide) groups is 1. The molecule has 0 heterocycles. The fourth-order valence-electron chi connectivity index (χ4n) is 1.89. The van der Waals surface area contributed by atoms with Crippen LogP contribution in [0.2, 0.25) is 0 Å². The Morgan fingerprint density at radius 3 is 2.16 bits per heavy atom. The Bertz CT molecular complexity index is 762. The van der Waals surface area contributed by atoms with Gasteiger partial charge in [-0.1, -0.05) is 0 Å². The van der Waals surface area contributed by atoms with Gasteiger partial charge >= 0.3 is 6.18 Å². The van der Waals surface area contributed by atoms with E-state index in [9.17, 15) is 28.1 Å². The first kappa shape index (κ1) is 18.8. The Morgan fingerprint density at radius 2 is 1.68 bits per heavy atom. The van der Waals surface area contributed by atoms with Gasteiger partial charge in [0.15, 0.2) is 0 Å². The first-order chi connectivity index (χ1) is 11.7. The summed E-state index contributed by atoms with van der Waals surface area (Å²) in [6.45, 7) is 1.63. The van der Waals surface area contributed by atoms with Crippen molar-refractivity contribution < 1.29 is 22.9 Å². The molecule has 0 saturated heterocycles. The lowest BCUT2D eigenvalue weighted by Gasteiger charge is -2.13. The Morgan fingerprint density at radius 1 is 1.12 bits per heavy atom. The zero-order valence-corrected chi connectivity index (χ0v) is 13.7. The van der Waals surface area contributed by atoms with Crippen LogP contribution in [0.1, 0.15) is 12.5 Å². The Kier molecular flexibility index (Phi) is 5.68. The van der Waals surface area contributed by atoms with Crippen molar-refractivity contribution in [3.8, 4) is 0 Å². The van der Waals surface area contributed by atoms with Gasteiger partial charge in [-0.15, -0.1) is 11.8 Å². The molecule has 0 spiro atoms. The van der Waals surface area contributed by atoms with Gasteiger partial charge in [-0.25, -0.2) is 0 Å². The average Bonchev–Trinajstić information content (AvgIpc) is 2.55. The molecule has 2 rings (SSSR count). The monoisotopic (exact) mass is 370 g/mol. The van der Waals surface area contributed by atoms with Crippen LogP contribution in [0.5, 0.6) is 0 Å². The number of nitrogens with one attached hydrogen (secondary N) is 1. The second-order valence-electron chi connectivity index (χ2n) is 5.08. The zero-order chi connectivity index (χ0) is 18.6. The van der Waals surface area contributed by atoms with Crippen LogP contribution in [0.25, 0.3) is 0 Å². The average molecular weight is 370 g/mol. The van der Waals surface area contributed by atoms with Crippen molar-refractivity contribution in [2.24, 2.45) is 0 Å². The van der Waals surface area contributed by atoms with Crippen LogP contribution in [0.15, 0.2) is 53.4 Å². The van der Waals surface area contributed by atoms with Gasteiger partial charge < -0.3 is 5.32 Å². The Labute approximate surface area is 145 Å². The first-order valence-corrected chi connectivity index (χ1v) is 7.94. The molecular weight excluding hydrogens is 357 g/mol. The lowest BCUT2D eigenvalue weighted by atomic mass is 10.2. The van der Waals surface area contributed by atoms with Gasteiger partial charge in [0.25, 0.3) is 5.69 Å². The number of alkyl halides is 3. The molecule has 2 aromatic carbocycles. The van der Waals surface area contributed by atoms with E-state index >= 15 is 0 Å². The van der Waals surface area contributed by atoms with Crippen LogP contribution >= 0.6 is 11.8 Å². The number of benzene rings is 2. The minimum Gasteiger partial charge on any atom is -0.325 e. The largest absolute Gasteiger partial charge is 0.416 e. The normalized spacial score (nSPS) is 12.5. The lowest BCUT2D eigenvalue weighted by Crippen LogP contribution is -2.22. The fraction of sp³-hybridized carbons (Fsp3) is 0.188. The summed E-state index contributed by atoms with van der Waals surface area (Å²) < 4.78 is 37.5. The van der Waals surface area contributed by atoms with E-state index in [-0.39, 0.29) is 17.3 Å². The van der Waals surface area contributed by atoms with E-state index < -0.39 is 21.9 Å². The summed E-state index contributed by atoms with van der Waals surface area (Å²) in [6, 6.07) is 9.89. The second-order valence-corrected chi connectivity index (χ2v) is 6.49. The summed E-state index contributed by atoms with van der Waals surface area (Å²) in [4.78, 5) is 22.9. The highest BCUT2D eigenvalue weighted by Gasteiger charge is 2.30. The number of carbonyl (C=O) groups excluding carboxylic acids is 1. The molecule has 1 N–H and O–H groups in total. The van der Waals surface area contributed by atoms with Crippen LogP contribution < -0.4 is 5.32 Å². The number of anilines is 1. The number of hydrogen-bond donors (Lipinski definition) is 1. The van der Waals surface area contributed by atoms with E-state index in [4.69, 9.17) is 0 Å². The third-order valence-corrected chi connectivity index (χ3v) is 4.32. The molecule has 0 aliphatic heterocycles. The second kappa shape index (κ2) is 7.56. The van der Waals surface area contributed by atoms with Crippen molar-refractivity contribution in [3.05, 3.63) is 64.2 Å². The van der Waals surface area contributed by atoms with Gasteiger partial charge in [0.2, 0.25) is 5.91 Å². The molecule has 0 aliphatic rings. The third kappa shape index (κ3) is 5.21. The molecule has 0 aromatic heterocycles. The summed E-state index contributed by atoms with van der Waals surface area (Å²) in [6.07, 6.45) is -4.43. The van der Waals surface area contributed by atoms with Crippen LogP contribution in [-0.2, 0) is 11.0 Å². The third-order valence-electron chi connectivity index (χ3n) is 3.21. The van der Waals surface area contributed by atoms with Crippen molar-refractivity contribution in [1.29, 1.82) is 0 Å². The van der Waals surface area contributed by atoms with Crippen LogP contribution in [0.4, 0.5) is 24.5 Å². The summed E-state index contributed by atoms with van der Waals surface area (Å²) in [5.41, 5.74) is -0.584. The number of rotatable bonds is 5. The summed E-state index contributed by atoms with van der Waals surface area (Å²) in [5, 5.41) is 12.6. The maximum Gasteiger partial charge on any atom is 0.416 e. The molecule has 0 saturated carbocycles. The summed E-state index contributed by atoms with van der Waals surface area (Å²) >= 11 is 1.18. The van der Waals surface area contributed by atoms with E-state index in [1.165, 1.54) is 48.2 Å². The maximum absolute atomic E-state index is 12.5. The number of nitrogens with zero attached hydrogens (tertiary/aromatic N) is 1. The lowest BCUT2D eigenvalue weighted by molar-refractivity contribution is -0.384. The Hall–Kier alpha value is -2.55. The van der Waals surface area contributed by atoms with Crippen LogP contribution in [0.3, 0.4) is 0 Å². The van der Waals surface area contributed by atoms with Gasteiger partial charge in [-0.3, -0.25) is 14.9 Å². The number of amides is 1. The molecule has 25 heavy (non-hydrogen) atoms. The molecule has 2 aromatic rings. The molecule has 1 amide bonds. The molecule has 0 bridgehead atoms. The van der Waals surface area contributed by atoms with Crippen molar-refractivity contribution in [1.82, 2.24) is 0 Å². The molecule has 0 aliphatic carbocycles. The molecule has 132 valence electrons. The van der Waals surface area contributed by atoms with Crippen molar-refractivity contribution in [2.45, 2.75) is 23.2 Å². The van der Waals surface area contributed by atoms with E-state index in [0.717, 1.165) is 12.1 Å². The van der Waals surface area contributed by atoms with E-state index in [2.05, 4.69) is 5.32 Å². The molecule has 9 heteroatoms. The SMILES string of the molecule is C[C@H](Sc1ccc([N+](=O)[O-])cc1)C(=O)Nc1ccc(C(F)(F)F)cc1.